The fraction of sp³-hybridized carbons (Fsp3) is 0.200. The van der Waals surface area contributed by atoms with Gasteiger partial charge in [-0.25, -0.2) is 8.78 Å². The molecule has 0 saturated heterocycles. The average Bonchev–Trinajstić information content (AvgIpc) is 2.38. The lowest BCUT2D eigenvalue weighted by molar-refractivity contribution is 0.414. The first kappa shape index (κ1) is 13.8. The molecule has 100 valence electrons. The summed E-state index contributed by atoms with van der Waals surface area (Å²) < 4.78 is 31.3. The van der Waals surface area contributed by atoms with Crippen molar-refractivity contribution in [2.75, 3.05) is 7.11 Å². The maximum Gasteiger partial charge on any atom is 0.126 e. The van der Waals surface area contributed by atoms with Crippen LogP contribution in [0.2, 0.25) is 0 Å². The Morgan fingerprint density at radius 2 is 1.63 bits per heavy atom. The molecule has 0 saturated carbocycles. The van der Waals surface area contributed by atoms with Crippen LogP contribution in [0.15, 0.2) is 42.5 Å². The normalized spacial score (nSPS) is 12.2. The van der Waals surface area contributed by atoms with E-state index in [1.54, 1.807) is 7.11 Å². The molecule has 1 nitrogen and oxygen atoms in total. The van der Waals surface area contributed by atoms with Gasteiger partial charge in [-0.15, -0.1) is 11.6 Å². The largest absolute Gasteiger partial charge is 0.497 e. The molecule has 1 atom stereocenters. The zero-order valence-electron chi connectivity index (χ0n) is 10.4. The predicted molar refractivity (Wildman–Crippen MR) is 71.7 cm³/mol. The van der Waals surface area contributed by atoms with Crippen LogP contribution in [0.25, 0.3) is 0 Å². The van der Waals surface area contributed by atoms with Crippen molar-refractivity contribution in [1.82, 2.24) is 0 Å². The Bertz CT molecular complexity index is 534. The first-order valence-corrected chi connectivity index (χ1v) is 6.25. The van der Waals surface area contributed by atoms with Crippen LogP contribution in [0.5, 0.6) is 5.75 Å². The first-order valence-electron chi connectivity index (χ1n) is 5.81. The quantitative estimate of drug-likeness (QED) is 0.751. The van der Waals surface area contributed by atoms with Gasteiger partial charge >= 0.3 is 0 Å². The summed E-state index contributed by atoms with van der Waals surface area (Å²) in [5.41, 5.74) is 1.42. The SMILES string of the molecule is COc1ccc(CC(Cl)c2cc(F)cc(F)c2)cc1. The van der Waals surface area contributed by atoms with Gasteiger partial charge in [0.1, 0.15) is 17.4 Å². The second kappa shape index (κ2) is 6.02. The summed E-state index contributed by atoms with van der Waals surface area (Å²) in [6.07, 6.45) is 0.494. The molecule has 0 radical (unpaired) electrons. The van der Waals surface area contributed by atoms with E-state index in [9.17, 15) is 8.78 Å². The number of ether oxygens (including phenoxy) is 1. The third-order valence-electron chi connectivity index (χ3n) is 2.82. The van der Waals surface area contributed by atoms with E-state index in [0.29, 0.717) is 12.0 Å². The number of hydrogen-bond donors (Lipinski definition) is 0. The minimum atomic E-state index is -0.615. The van der Waals surface area contributed by atoms with Crippen molar-refractivity contribution in [3.8, 4) is 5.75 Å². The van der Waals surface area contributed by atoms with Crippen LogP contribution in [0.3, 0.4) is 0 Å². The van der Waals surface area contributed by atoms with Crippen LogP contribution >= 0.6 is 11.6 Å². The fourth-order valence-electron chi connectivity index (χ4n) is 1.84. The van der Waals surface area contributed by atoms with Crippen LogP contribution in [-0.2, 0) is 6.42 Å². The molecule has 19 heavy (non-hydrogen) atoms. The van der Waals surface area contributed by atoms with Crippen LogP contribution in [0, 0.1) is 11.6 Å². The second-order valence-corrected chi connectivity index (χ2v) is 4.75. The molecule has 4 heteroatoms. The molecule has 2 rings (SSSR count). The van der Waals surface area contributed by atoms with Gasteiger partial charge < -0.3 is 4.74 Å². The van der Waals surface area contributed by atoms with Crippen molar-refractivity contribution < 1.29 is 13.5 Å². The molecule has 0 fully saturated rings. The van der Waals surface area contributed by atoms with Crippen molar-refractivity contribution in [3.05, 3.63) is 65.2 Å². The standard InChI is InChI=1S/C15H13ClF2O/c1-19-14-4-2-10(3-5-14)6-15(16)11-7-12(17)9-13(18)8-11/h2-5,7-9,15H,6H2,1H3. The Kier molecular flexibility index (Phi) is 4.38. The maximum atomic E-state index is 13.1. The zero-order valence-corrected chi connectivity index (χ0v) is 11.1. The zero-order chi connectivity index (χ0) is 13.8. The van der Waals surface area contributed by atoms with Crippen molar-refractivity contribution >= 4 is 11.6 Å². The minimum absolute atomic E-state index is 0.440. The summed E-state index contributed by atoms with van der Waals surface area (Å²) in [4.78, 5) is 0. The van der Waals surface area contributed by atoms with Gasteiger partial charge in [0.25, 0.3) is 0 Å². The lowest BCUT2D eigenvalue weighted by Crippen LogP contribution is -1.98. The summed E-state index contributed by atoms with van der Waals surface area (Å²) in [6, 6.07) is 10.7. The van der Waals surface area contributed by atoms with Crippen molar-refractivity contribution in [3.63, 3.8) is 0 Å². The van der Waals surface area contributed by atoms with Gasteiger partial charge in [0.2, 0.25) is 0 Å². The highest BCUT2D eigenvalue weighted by atomic mass is 35.5. The molecule has 0 spiro atoms. The highest BCUT2D eigenvalue weighted by molar-refractivity contribution is 6.20. The van der Waals surface area contributed by atoms with E-state index in [4.69, 9.17) is 16.3 Å². The Balaban J connectivity index is 2.13. The summed E-state index contributed by atoms with van der Waals surface area (Å²) in [5.74, 6) is -0.475. The van der Waals surface area contributed by atoms with Crippen LogP contribution in [0.1, 0.15) is 16.5 Å². The van der Waals surface area contributed by atoms with Gasteiger partial charge in [-0.05, 0) is 41.8 Å². The molecule has 0 aromatic heterocycles. The Labute approximate surface area is 115 Å². The molecule has 0 bridgehead atoms. The topological polar surface area (TPSA) is 9.23 Å². The number of halogens is 3. The van der Waals surface area contributed by atoms with Crippen molar-refractivity contribution in [1.29, 1.82) is 0 Å². The Hall–Kier alpha value is -1.61. The van der Waals surface area contributed by atoms with E-state index in [0.717, 1.165) is 17.4 Å². The van der Waals surface area contributed by atoms with Gasteiger partial charge in [0.05, 0.1) is 12.5 Å². The van der Waals surface area contributed by atoms with E-state index in [-0.39, 0.29) is 0 Å². The molecule has 0 aliphatic carbocycles. The predicted octanol–water partition coefficient (Wildman–Crippen LogP) is 4.50. The summed E-state index contributed by atoms with van der Waals surface area (Å²) in [5, 5.41) is -0.474. The van der Waals surface area contributed by atoms with Crippen molar-refractivity contribution in [2.24, 2.45) is 0 Å². The molecule has 0 N–H and O–H groups in total. The molecular formula is C15H13ClF2O. The smallest absolute Gasteiger partial charge is 0.126 e. The molecule has 0 aliphatic rings. The summed E-state index contributed by atoms with van der Waals surface area (Å²) in [6.45, 7) is 0. The number of methoxy groups -OCH3 is 1. The molecule has 0 amide bonds. The molecule has 2 aromatic rings. The fourth-order valence-corrected chi connectivity index (χ4v) is 2.15. The maximum absolute atomic E-state index is 13.1. The van der Waals surface area contributed by atoms with E-state index in [1.165, 1.54) is 12.1 Å². The molecule has 0 heterocycles. The number of hydrogen-bond acceptors (Lipinski definition) is 1. The van der Waals surface area contributed by atoms with Crippen LogP contribution in [0.4, 0.5) is 8.78 Å². The van der Waals surface area contributed by atoms with Gasteiger partial charge in [-0.1, -0.05) is 12.1 Å². The lowest BCUT2D eigenvalue weighted by atomic mass is 10.0. The third kappa shape index (κ3) is 3.67. The number of rotatable bonds is 4. The highest BCUT2D eigenvalue weighted by Crippen LogP contribution is 2.27. The first-order chi connectivity index (χ1) is 9.08. The molecule has 1 unspecified atom stereocenters. The lowest BCUT2D eigenvalue weighted by Gasteiger charge is -2.11. The molecule has 2 aromatic carbocycles. The monoisotopic (exact) mass is 282 g/mol. The van der Waals surface area contributed by atoms with Crippen molar-refractivity contribution in [2.45, 2.75) is 11.8 Å². The van der Waals surface area contributed by atoms with Gasteiger partial charge in [0, 0.05) is 6.07 Å². The van der Waals surface area contributed by atoms with Gasteiger partial charge in [-0.2, -0.15) is 0 Å². The van der Waals surface area contributed by atoms with E-state index < -0.39 is 17.0 Å². The molecular weight excluding hydrogens is 270 g/mol. The summed E-state index contributed by atoms with van der Waals surface area (Å²) >= 11 is 6.19. The van der Waals surface area contributed by atoms with Crippen LogP contribution in [-0.4, -0.2) is 7.11 Å². The second-order valence-electron chi connectivity index (χ2n) is 4.22. The van der Waals surface area contributed by atoms with Crippen LogP contribution < -0.4 is 4.74 Å². The minimum Gasteiger partial charge on any atom is -0.497 e. The Morgan fingerprint density at radius 3 is 2.16 bits per heavy atom. The summed E-state index contributed by atoms with van der Waals surface area (Å²) in [7, 11) is 1.59. The van der Waals surface area contributed by atoms with E-state index >= 15 is 0 Å². The number of benzene rings is 2. The van der Waals surface area contributed by atoms with E-state index in [2.05, 4.69) is 0 Å². The highest BCUT2D eigenvalue weighted by Gasteiger charge is 2.11. The van der Waals surface area contributed by atoms with E-state index in [1.807, 2.05) is 24.3 Å². The average molecular weight is 283 g/mol. The Morgan fingerprint density at radius 1 is 1.05 bits per heavy atom. The third-order valence-corrected chi connectivity index (χ3v) is 3.23. The van der Waals surface area contributed by atoms with Gasteiger partial charge in [0.15, 0.2) is 0 Å². The van der Waals surface area contributed by atoms with Gasteiger partial charge in [-0.3, -0.25) is 0 Å². The molecule has 0 aliphatic heterocycles. The number of alkyl halides is 1.